The maximum Gasteiger partial charge on any atom is 0.223 e. The van der Waals surface area contributed by atoms with Gasteiger partial charge in [0.2, 0.25) is 15.9 Å². The molecule has 9 heteroatoms. The van der Waals surface area contributed by atoms with Gasteiger partial charge in [-0.3, -0.25) is 9.89 Å². The van der Waals surface area contributed by atoms with Gasteiger partial charge in [0.05, 0.1) is 6.26 Å². The van der Waals surface area contributed by atoms with Crippen molar-refractivity contribution in [1.82, 2.24) is 24.8 Å². The number of rotatable bonds is 6. The van der Waals surface area contributed by atoms with E-state index in [0.717, 1.165) is 18.7 Å². The summed E-state index contributed by atoms with van der Waals surface area (Å²) < 4.78 is 24.2. The predicted molar refractivity (Wildman–Crippen MR) is 76.9 cm³/mol. The van der Waals surface area contributed by atoms with Gasteiger partial charge in [0.25, 0.3) is 0 Å². The second kappa shape index (κ2) is 6.99. The molecule has 2 rings (SSSR count). The largest absolute Gasteiger partial charge is 0.356 e. The van der Waals surface area contributed by atoms with Crippen LogP contribution in [0, 0.1) is 5.92 Å². The van der Waals surface area contributed by atoms with Gasteiger partial charge in [-0.15, -0.1) is 0 Å². The van der Waals surface area contributed by atoms with E-state index in [1.54, 1.807) is 0 Å². The fourth-order valence-corrected chi connectivity index (χ4v) is 3.29. The van der Waals surface area contributed by atoms with Crippen molar-refractivity contribution in [3.63, 3.8) is 0 Å². The van der Waals surface area contributed by atoms with Crippen LogP contribution in [-0.2, 0) is 21.2 Å². The van der Waals surface area contributed by atoms with E-state index in [2.05, 4.69) is 20.5 Å². The molecule has 0 radical (unpaired) electrons. The van der Waals surface area contributed by atoms with E-state index >= 15 is 0 Å². The molecule has 1 aliphatic rings. The van der Waals surface area contributed by atoms with Crippen molar-refractivity contribution >= 4 is 15.9 Å². The topological polar surface area (TPSA) is 108 Å². The molecule has 8 nitrogen and oxygen atoms in total. The Morgan fingerprint density at radius 2 is 2.19 bits per heavy atom. The lowest BCUT2D eigenvalue weighted by atomic mass is 9.97. The number of sulfonamides is 1. The Morgan fingerprint density at radius 3 is 2.76 bits per heavy atom. The first-order valence-electron chi connectivity index (χ1n) is 7.04. The van der Waals surface area contributed by atoms with Crippen LogP contribution in [0.5, 0.6) is 0 Å². The summed E-state index contributed by atoms with van der Waals surface area (Å²) in [5.74, 6) is 0.736. The standard InChI is InChI=1S/C12H21N5O3S/c1-21(19,20)17-7-4-10(5-8-17)12(18)13-6-2-3-11-14-9-15-16-11/h9-10H,2-8H2,1H3,(H,13,18)(H,14,15,16). The van der Waals surface area contributed by atoms with Crippen LogP contribution in [0.3, 0.4) is 0 Å². The number of amides is 1. The van der Waals surface area contributed by atoms with Gasteiger partial charge in [0.15, 0.2) is 0 Å². The van der Waals surface area contributed by atoms with Crippen molar-refractivity contribution in [2.24, 2.45) is 5.92 Å². The molecule has 2 heterocycles. The Bertz CT molecular complexity index is 549. The molecule has 1 fully saturated rings. The number of piperidine rings is 1. The van der Waals surface area contributed by atoms with E-state index < -0.39 is 10.0 Å². The van der Waals surface area contributed by atoms with Crippen LogP contribution in [0.2, 0.25) is 0 Å². The molecular weight excluding hydrogens is 294 g/mol. The van der Waals surface area contributed by atoms with Crippen molar-refractivity contribution in [3.8, 4) is 0 Å². The van der Waals surface area contributed by atoms with Crippen molar-refractivity contribution < 1.29 is 13.2 Å². The van der Waals surface area contributed by atoms with E-state index in [9.17, 15) is 13.2 Å². The molecule has 0 aromatic carbocycles. The first-order chi connectivity index (χ1) is 9.97. The predicted octanol–water partition coefficient (Wildman–Crippen LogP) is -0.475. The average Bonchev–Trinajstić information content (AvgIpc) is 2.96. The van der Waals surface area contributed by atoms with Gasteiger partial charge >= 0.3 is 0 Å². The Labute approximate surface area is 124 Å². The highest BCUT2D eigenvalue weighted by Crippen LogP contribution is 2.19. The number of nitrogens with one attached hydrogen (secondary N) is 2. The van der Waals surface area contributed by atoms with E-state index in [1.807, 2.05) is 0 Å². The lowest BCUT2D eigenvalue weighted by molar-refractivity contribution is -0.126. The molecule has 21 heavy (non-hydrogen) atoms. The number of nitrogens with zero attached hydrogens (tertiary/aromatic N) is 3. The normalized spacial score (nSPS) is 17.8. The molecule has 1 aliphatic heterocycles. The number of aromatic amines is 1. The van der Waals surface area contributed by atoms with E-state index in [-0.39, 0.29) is 11.8 Å². The molecule has 0 aliphatic carbocycles. The van der Waals surface area contributed by atoms with Gasteiger partial charge in [-0.2, -0.15) is 5.10 Å². The quantitative estimate of drug-likeness (QED) is 0.690. The van der Waals surface area contributed by atoms with Crippen molar-refractivity contribution in [1.29, 1.82) is 0 Å². The van der Waals surface area contributed by atoms with Gasteiger partial charge in [-0.25, -0.2) is 17.7 Å². The van der Waals surface area contributed by atoms with E-state index in [4.69, 9.17) is 0 Å². The smallest absolute Gasteiger partial charge is 0.223 e. The summed E-state index contributed by atoms with van der Waals surface area (Å²) >= 11 is 0. The number of carbonyl (C=O) groups is 1. The van der Waals surface area contributed by atoms with Gasteiger partial charge in [0, 0.05) is 32.0 Å². The summed E-state index contributed by atoms with van der Waals surface area (Å²) in [7, 11) is -3.14. The zero-order valence-corrected chi connectivity index (χ0v) is 12.9. The maximum atomic E-state index is 12.0. The molecule has 1 amide bonds. The molecule has 1 aromatic rings. The van der Waals surface area contributed by atoms with Gasteiger partial charge in [-0.05, 0) is 19.3 Å². The monoisotopic (exact) mass is 315 g/mol. The third-order valence-corrected chi connectivity index (χ3v) is 4.95. The Kier molecular flexibility index (Phi) is 5.29. The third-order valence-electron chi connectivity index (χ3n) is 3.65. The Morgan fingerprint density at radius 1 is 1.48 bits per heavy atom. The van der Waals surface area contributed by atoms with Crippen LogP contribution in [-0.4, -0.2) is 59.7 Å². The van der Waals surface area contributed by atoms with E-state index in [1.165, 1.54) is 16.9 Å². The lowest BCUT2D eigenvalue weighted by Gasteiger charge is -2.29. The molecule has 0 unspecified atom stereocenters. The van der Waals surface area contributed by atoms with Crippen LogP contribution in [0.15, 0.2) is 6.33 Å². The van der Waals surface area contributed by atoms with E-state index in [0.29, 0.717) is 32.5 Å². The zero-order valence-electron chi connectivity index (χ0n) is 12.1. The summed E-state index contributed by atoms with van der Waals surface area (Å²) in [4.78, 5) is 16.0. The van der Waals surface area contributed by atoms with Crippen LogP contribution >= 0.6 is 0 Å². The molecule has 1 saturated heterocycles. The average molecular weight is 315 g/mol. The van der Waals surface area contributed by atoms with Crippen molar-refractivity contribution in [2.75, 3.05) is 25.9 Å². The summed E-state index contributed by atoms with van der Waals surface area (Å²) in [5, 5.41) is 9.43. The molecule has 0 saturated carbocycles. The van der Waals surface area contributed by atoms with Gasteiger partial charge < -0.3 is 5.32 Å². The minimum atomic E-state index is -3.14. The molecular formula is C12H21N5O3S. The number of carbonyl (C=O) groups excluding carboxylic acids is 1. The Hall–Kier alpha value is -1.48. The fourth-order valence-electron chi connectivity index (χ4n) is 2.41. The number of aryl methyl sites for hydroxylation is 1. The molecule has 0 atom stereocenters. The van der Waals surface area contributed by atoms with Crippen LogP contribution in [0.4, 0.5) is 0 Å². The molecule has 0 spiro atoms. The summed E-state index contributed by atoms with van der Waals surface area (Å²) in [6, 6.07) is 0. The van der Waals surface area contributed by atoms with Crippen molar-refractivity contribution in [2.45, 2.75) is 25.7 Å². The summed E-state index contributed by atoms with van der Waals surface area (Å²) in [6.07, 6.45) is 5.37. The second-order valence-electron chi connectivity index (χ2n) is 5.26. The van der Waals surface area contributed by atoms with Crippen LogP contribution in [0.25, 0.3) is 0 Å². The van der Waals surface area contributed by atoms with Crippen LogP contribution < -0.4 is 5.32 Å². The van der Waals surface area contributed by atoms with Crippen LogP contribution in [0.1, 0.15) is 25.1 Å². The highest BCUT2D eigenvalue weighted by Gasteiger charge is 2.28. The molecule has 0 bridgehead atoms. The SMILES string of the molecule is CS(=O)(=O)N1CCC(C(=O)NCCCc2ncn[nH]2)CC1. The molecule has 1 aromatic heterocycles. The first-order valence-corrected chi connectivity index (χ1v) is 8.88. The second-order valence-corrected chi connectivity index (χ2v) is 7.25. The Balaban J connectivity index is 1.65. The van der Waals surface area contributed by atoms with Gasteiger partial charge in [0.1, 0.15) is 12.2 Å². The van der Waals surface area contributed by atoms with Gasteiger partial charge in [-0.1, -0.05) is 0 Å². The molecule has 2 N–H and O–H groups in total. The lowest BCUT2D eigenvalue weighted by Crippen LogP contribution is -2.42. The summed E-state index contributed by atoms with van der Waals surface area (Å²) in [6.45, 7) is 1.44. The number of hydrogen-bond donors (Lipinski definition) is 2. The van der Waals surface area contributed by atoms with Crippen molar-refractivity contribution in [3.05, 3.63) is 12.2 Å². The minimum Gasteiger partial charge on any atom is -0.356 e. The minimum absolute atomic E-state index is 0.0146. The number of H-pyrrole nitrogens is 1. The number of aromatic nitrogens is 3. The highest BCUT2D eigenvalue weighted by molar-refractivity contribution is 7.88. The third kappa shape index (κ3) is 4.78. The summed E-state index contributed by atoms with van der Waals surface area (Å²) in [5.41, 5.74) is 0. The first kappa shape index (κ1) is 15.9. The maximum absolute atomic E-state index is 12.0. The number of hydrogen-bond acceptors (Lipinski definition) is 5. The zero-order chi connectivity index (χ0) is 15.3. The highest BCUT2D eigenvalue weighted by atomic mass is 32.2. The fraction of sp³-hybridized carbons (Fsp3) is 0.750. The molecule has 118 valence electrons.